The van der Waals surface area contributed by atoms with Gasteiger partial charge in [-0.2, -0.15) is 0 Å². The van der Waals surface area contributed by atoms with Crippen molar-refractivity contribution in [1.29, 1.82) is 0 Å². The van der Waals surface area contributed by atoms with Crippen molar-refractivity contribution in [2.45, 2.75) is 38.8 Å². The van der Waals surface area contributed by atoms with E-state index in [1.807, 2.05) is 0 Å². The van der Waals surface area contributed by atoms with Crippen molar-refractivity contribution < 1.29 is 4.74 Å². The van der Waals surface area contributed by atoms with E-state index in [0.29, 0.717) is 18.6 Å². The maximum atomic E-state index is 5.71. The number of nitrogens with zero attached hydrogens (tertiary/aromatic N) is 1. The molecule has 1 aliphatic heterocycles. The highest BCUT2D eigenvalue weighted by atomic mass is 16.5. The molecule has 0 bridgehead atoms. The summed E-state index contributed by atoms with van der Waals surface area (Å²) in [7, 11) is 0. The van der Waals surface area contributed by atoms with Gasteiger partial charge in [0.25, 0.3) is 0 Å². The Bertz CT molecular complexity index is 141. The lowest BCUT2D eigenvalue weighted by Gasteiger charge is -2.39. The molecular formula is C10H22N2O. The number of nitrogens with two attached hydrogens (primary N) is 1. The molecule has 13 heavy (non-hydrogen) atoms. The van der Waals surface area contributed by atoms with Crippen LogP contribution in [-0.4, -0.2) is 43.3 Å². The Morgan fingerprint density at radius 2 is 2.38 bits per heavy atom. The van der Waals surface area contributed by atoms with Gasteiger partial charge in [0.05, 0.1) is 13.2 Å². The summed E-state index contributed by atoms with van der Waals surface area (Å²) >= 11 is 0. The van der Waals surface area contributed by atoms with Crippen LogP contribution in [0.2, 0.25) is 0 Å². The van der Waals surface area contributed by atoms with E-state index in [9.17, 15) is 0 Å². The Labute approximate surface area is 81.2 Å². The highest BCUT2D eigenvalue weighted by Gasteiger charge is 2.25. The van der Waals surface area contributed by atoms with E-state index in [1.54, 1.807) is 0 Å². The fourth-order valence-corrected chi connectivity index (χ4v) is 2.03. The lowest BCUT2D eigenvalue weighted by molar-refractivity contribution is -0.0234. The number of ether oxygens (including phenoxy) is 1. The molecule has 1 saturated heterocycles. The van der Waals surface area contributed by atoms with Crippen molar-refractivity contribution in [1.82, 2.24) is 4.90 Å². The topological polar surface area (TPSA) is 38.5 Å². The molecular weight excluding hydrogens is 164 g/mol. The van der Waals surface area contributed by atoms with Crippen LogP contribution in [0.1, 0.15) is 26.7 Å². The Hall–Kier alpha value is -0.120. The van der Waals surface area contributed by atoms with Crippen LogP contribution in [0.4, 0.5) is 0 Å². The number of hydrogen-bond acceptors (Lipinski definition) is 3. The van der Waals surface area contributed by atoms with Crippen LogP contribution in [0.25, 0.3) is 0 Å². The molecule has 1 heterocycles. The van der Waals surface area contributed by atoms with E-state index in [2.05, 4.69) is 18.7 Å². The van der Waals surface area contributed by atoms with Crippen LogP contribution in [0.3, 0.4) is 0 Å². The molecule has 2 atom stereocenters. The zero-order chi connectivity index (χ0) is 9.68. The minimum absolute atomic E-state index is 0.440. The van der Waals surface area contributed by atoms with Gasteiger partial charge >= 0.3 is 0 Å². The second-order valence-electron chi connectivity index (χ2n) is 3.84. The van der Waals surface area contributed by atoms with Crippen LogP contribution in [-0.2, 0) is 4.74 Å². The van der Waals surface area contributed by atoms with Gasteiger partial charge in [0.2, 0.25) is 0 Å². The maximum absolute atomic E-state index is 5.71. The van der Waals surface area contributed by atoms with Gasteiger partial charge < -0.3 is 10.5 Å². The molecule has 2 unspecified atom stereocenters. The Kier molecular flexibility index (Phi) is 4.70. The summed E-state index contributed by atoms with van der Waals surface area (Å²) in [6.45, 7) is 7.96. The van der Waals surface area contributed by atoms with E-state index < -0.39 is 0 Å². The number of morpholine rings is 1. The van der Waals surface area contributed by atoms with Gasteiger partial charge in [-0.1, -0.05) is 13.3 Å². The van der Waals surface area contributed by atoms with E-state index in [0.717, 1.165) is 19.8 Å². The molecule has 78 valence electrons. The third-order valence-electron chi connectivity index (χ3n) is 2.82. The molecule has 0 aromatic rings. The lowest BCUT2D eigenvalue weighted by Crippen LogP contribution is -2.52. The highest BCUT2D eigenvalue weighted by Crippen LogP contribution is 2.13. The summed E-state index contributed by atoms with van der Waals surface area (Å²) in [5, 5.41) is 0. The van der Waals surface area contributed by atoms with E-state index in [1.165, 1.54) is 12.8 Å². The summed E-state index contributed by atoms with van der Waals surface area (Å²) in [4.78, 5) is 2.49. The van der Waals surface area contributed by atoms with Crippen molar-refractivity contribution in [3.63, 3.8) is 0 Å². The fourth-order valence-electron chi connectivity index (χ4n) is 2.03. The summed E-state index contributed by atoms with van der Waals surface area (Å²) in [6.07, 6.45) is 2.51. The van der Waals surface area contributed by atoms with Gasteiger partial charge in [-0.25, -0.2) is 0 Å². The molecule has 1 aliphatic rings. The first kappa shape index (κ1) is 11.0. The molecule has 0 aromatic heterocycles. The van der Waals surface area contributed by atoms with Crippen LogP contribution in [0.5, 0.6) is 0 Å². The Balaban J connectivity index is 2.43. The molecule has 0 amide bonds. The van der Waals surface area contributed by atoms with Crippen LogP contribution >= 0.6 is 0 Å². The average Bonchev–Trinajstić information content (AvgIpc) is 2.18. The predicted octanol–water partition coefficient (Wildman–Crippen LogP) is 0.835. The van der Waals surface area contributed by atoms with Crippen molar-refractivity contribution >= 4 is 0 Å². The molecule has 0 aromatic carbocycles. The van der Waals surface area contributed by atoms with Crippen LogP contribution < -0.4 is 5.73 Å². The SMILES string of the molecule is CCCC(C)N1CCOCC1CN. The van der Waals surface area contributed by atoms with Gasteiger partial charge in [-0.3, -0.25) is 4.90 Å². The smallest absolute Gasteiger partial charge is 0.0634 e. The van der Waals surface area contributed by atoms with Gasteiger partial charge in [-0.05, 0) is 13.3 Å². The Morgan fingerprint density at radius 1 is 1.62 bits per heavy atom. The third kappa shape index (κ3) is 2.93. The highest BCUT2D eigenvalue weighted by molar-refractivity contribution is 4.80. The van der Waals surface area contributed by atoms with Crippen molar-refractivity contribution in [3.05, 3.63) is 0 Å². The zero-order valence-electron chi connectivity index (χ0n) is 8.83. The number of hydrogen-bond donors (Lipinski definition) is 1. The Morgan fingerprint density at radius 3 is 3.00 bits per heavy atom. The first-order chi connectivity index (χ1) is 6.29. The minimum Gasteiger partial charge on any atom is -0.378 e. The maximum Gasteiger partial charge on any atom is 0.0634 e. The molecule has 0 saturated carbocycles. The molecule has 3 nitrogen and oxygen atoms in total. The van der Waals surface area contributed by atoms with Gasteiger partial charge in [0.1, 0.15) is 0 Å². The van der Waals surface area contributed by atoms with Crippen molar-refractivity contribution in [2.75, 3.05) is 26.3 Å². The lowest BCUT2D eigenvalue weighted by atomic mass is 10.1. The largest absolute Gasteiger partial charge is 0.378 e. The molecule has 0 aliphatic carbocycles. The second-order valence-corrected chi connectivity index (χ2v) is 3.84. The zero-order valence-corrected chi connectivity index (χ0v) is 8.83. The molecule has 1 fully saturated rings. The summed E-state index contributed by atoms with van der Waals surface area (Å²) < 4.78 is 5.41. The van der Waals surface area contributed by atoms with Gasteiger partial charge in [-0.15, -0.1) is 0 Å². The van der Waals surface area contributed by atoms with Crippen LogP contribution in [0, 0.1) is 0 Å². The summed E-state index contributed by atoms with van der Waals surface area (Å²) in [5.74, 6) is 0. The van der Waals surface area contributed by atoms with E-state index in [-0.39, 0.29) is 0 Å². The molecule has 0 radical (unpaired) electrons. The quantitative estimate of drug-likeness (QED) is 0.707. The number of rotatable bonds is 4. The van der Waals surface area contributed by atoms with Crippen LogP contribution in [0.15, 0.2) is 0 Å². The molecule has 2 N–H and O–H groups in total. The fraction of sp³-hybridized carbons (Fsp3) is 1.00. The monoisotopic (exact) mass is 186 g/mol. The molecule has 0 spiro atoms. The third-order valence-corrected chi connectivity index (χ3v) is 2.82. The second kappa shape index (κ2) is 5.58. The summed E-state index contributed by atoms with van der Waals surface area (Å²) in [5.41, 5.74) is 5.71. The minimum atomic E-state index is 0.440. The van der Waals surface area contributed by atoms with Gasteiger partial charge in [0.15, 0.2) is 0 Å². The first-order valence-electron chi connectivity index (χ1n) is 5.33. The first-order valence-corrected chi connectivity index (χ1v) is 5.33. The van der Waals surface area contributed by atoms with Crippen molar-refractivity contribution in [3.8, 4) is 0 Å². The molecule has 1 rings (SSSR count). The van der Waals surface area contributed by atoms with Gasteiger partial charge in [0, 0.05) is 25.2 Å². The van der Waals surface area contributed by atoms with Crippen molar-refractivity contribution in [2.24, 2.45) is 5.73 Å². The van der Waals surface area contributed by atoms with E-state index in [4.69, 9.17) is 10.5 Å². The van der Waals surface area contributed by atoms with E-state index >= 15 is 0 Å². The normalized spacial score (nSPS) is 27.5. The average molecular weight is 186 g/mol. The molecule has 3 heteroatoms. The standard InChI is InChI=1S/C10H22N2O/c1-3-4-9(2)12-5-6-13-8-10(12)7-11/h9-10H,3-8,11H2,1-2H3. The predicted molar refractivity (Wildman–Crippen MR) is 54.7 cm³/mol. The summed E-state index contributed by atoms with van der Waals surface area (Å²) in [6, 6.07) is 1.10.